The topological polar surface area (TPSA) is 37.4 Å². The second-order valence-electron chi connectivity index (χ2n) is 5.31. The van der Waals surface area contributed by atoms with Gasteiger partial charge in [-0.25, -0.2) is 4.98 Å². The van der Waals surface area contributed by atoms with Crippen LogP contribution in [-0.2, 0) is 0 Å². The molecule has 1 heterocycles. The molecule has 1 N–H and O–H groups in total. The van der Waals surface area contributed by atoms with Crippen molar-refractivity contribution in [1.29, 1.82) is 0 Å². The van der Waals surface area contributed by atoms with Crippen molar-refractivity contribution in [2.24, 2.45) is 0 Å². The molecular formula is C17H23N3O. The largest absolute Gasteiger partial charge is 0.497 e. The molecule has 0 saturated carbocycles. The number of hydrogen-bond acceptors (Lipinski definition) is 4. The lowest BCUT2D eigenvalue weighted by molar-refractivity contribution is 0.310. The number of aromatic nitrogens is 1. The normalized spacial score (nSPS) is 12.2. The van der Waals surface area contributed by atoms with Gasteiger partial charge in [-0.1, -0.05) is 18.2 Å². The average molecular weight is 285 g/mol. The van der Waals surface area contributed by atoms with Crippen molar-refractivity contribution in [3.63, 3.8) is 0 Å². The van der Waals surface area contributed by atoms with Crippen molar-refractivity contribution >= 4 is 5.82 Å². The molecule has 1 aromatic heterocycles. The molecule has 0 aliphatic heterocycles. The third kappa shape index (κ3) is 3.95. The van der Waals surface area contributed by atoms with Crippen LogP contribution in [0.25, 0.3) is 0 Å². The molecule has 0 saturated heterocycles. The van der Waals surface area contributed by atoms with E-state index in [1.165, 1.54) is 5.56 Å². The van der Waals surface area contributed by atoms with Crippen molar-refractivity contribution in [3.8, 4) is 5.75 Å². The highest BCUT2D eigenvalue weighted by Crippen LogP contribution is 2.23. The predicted octanol–water partition coefficient (Wildman–Crippen LogP) is 3.11. The van der Waals surface area contributed by atoms with Crippen molar-refractivity contribution in [2.75, 3.05) is 33.1 Å². The molecule has 21 heavy (non-hydrogen) atoms. The Balaban J connectivity index is 2.14. The number of nitrogens with one attached hydrogen (secondary N) is 1. The minimum absolute atomic E-state index is 0.251. The summed E-state index contributed by atoms with van der Waals surface area (Å²) < 4.78 is 5.32. The van der Waals surface area contributed by atoms with Gasteiger partial charge in [0.2, 0.25) is 0 Å². The molecule has 4 heteroatoms. The van der Waals surface area contributed by atoms with E-state index in [4.69, 9.17) is 4.74 Å². The van der Waals surface area contributed by atoms with E-state index in [1.807, 2.05) is 24.4 Å². The first-order valence-electron chi connectivity index (χ1n) is 7.07. The molecule has 112 valence electrons. The summed E-state index contributed by atoms with van der Waals surface area (Å²) in [6, 6.07) is 12.5. The maximum absolute atomic E-state index is 5.32. The zero-order valence-corrected chi connectivity index (χ0v) is 13.1. The molecular weight excluding hydrogens is 262 g/mol. The zero-order chi connectivity index (χ0) is 15.2. The smallest absolute Gasteiger partial charge is 0.128 e. The molecule has 0 amide bonds. The molecule has 0 aliphatic carbocycles. The summed E-state index contributed by atoms with van der Waals surface area (Å²) in [7, 11) is 5.85. The van der Waals surface area contributed by atoms with Crippen LogP contribution in [0.15, 0.2) is 42.6 Å². The number of aryl methyl sites for hydroxylation is 1. The Morgan fingerprint density at radius 2 is 2.05 bits per heavy atom. The van der Waals surface area contributed by atoms with Gasteiger partial charge in [0.15, 0.2) is 0 Å². The van der Waals surface area contributed by atoms with Crippen LogP contribution in [0.5, 0.6) is 5.75 Å². The van der Waals surface area contributed by atoms with Gasteiger partial charge in [0.25, 0.3) is 0 Å². The fourth-order valence-electron chi connectivity index (χ4n) is 2.31. The number of nitrogens with zero attached hydrogens (tertiary/aromatic N) is 2. The Morgan fingerprint density at radius 3 is 2.71 bits per heavy atom. The average Bonchev–Trinajstić information content (AvgIpc) is 2.49. The van der Waals surface area contributed by atoms with Gasteiger partial charge in [0.05, 0.1) is 13.2 Å². The first-order chi connectivity index (χ1) is 10.1. The summed E-state index contributed by atoms with van der Waals surface area (Å²) >= 11 is 0. The molecule has 0 radical (unpaired) electrons. The summed E-state index contributed by atoms with van der Waals surface area (Å²) in [6.45, 7) is 2.85. The number of anilines is 1. The van der Waals surface area contributed by atoms with E-state index < -0.39 is 0 Å². The van der Waals surface area contributed by atoms with Crippen LogP contribution in [0.2, 0.25) is 0 Å². The van der Waals surface area contributed by atoms with Gasteiger partial charge in [0.1, 0.15) is 11.6 Å². The monoisotopic (exact) mass is 285 g/mol. The van der Waals surface area contributed by atoms with Gasteiger partial charge >= 0.3 is 0 Å². The van der Waals surface area contributed by atoms with E-state index in [2.05, 4.69) is 54.4 Å². The maximum Gasteiger partial charge on any atom is 0.128 e. The van der Waals surface area contributed by atoms with E-state index >= 15 is 0 Å². The Morgan fingerprint density at radius 1 is 1.24 bits per heavy atom. The number of likely N-dealkylation sites (N-methyl/N-ethyl adjacent to an activating group) is 1. The summed E-state index contributed by atoms with van der Waals surface area (Å²) in [6.07, 6.45) is 1.81. The van der Waals surface area contributed by atoms with E-state index in [0.717, 1.165) is 23.7 Å². The van der Waals surface area contributed by atoms with Crippen molar-refractivity contribution < 1.29 is 4.74 Å². The fraction of sp³-hybridized carbons (Fsp3) is 0.353. The summed E-state index contributed by atoms with van der Waals surface area (Å²) in [5.74, 6) is 1.82. The van der Waals surface area contributed by atoms with Crippen LogP contribution < -0.4 is 10.1 Å². The summed E-state index contributed by atoms with van der Waals surface area (Å²) in [5, 5.41) is 3.44. The Labute approximate surface area is 126 Å². The third-order valence-electron chi connectivity index (χ3n) is 3.57. The summed E-state index contributed by atoms with van der Waals surface area (Å²) in [4.78, 5) is 6.58. The van der Waals surface area contributed by atoms with Gasteiger partial charge < -0.3 is 15.0 Å². The van der Waals surface area contributed by atoms with Crippen molar-refractivity contribution in [3.05, 3.63) is 53.7 Å². The lowest BCUT2D eigenvalue weighted by Crippen LogP contribution is -2.27. The standard InChI is InChI=1S/C17H23N3O/c1-13-7-6-10-18-17(13)19-12-16(20(2)3)14-8-5-9-15(11-14)21-4/h5-11,16H,12H2,1-4H3,(H,18,19). The molecule has 0 bridgehead atoms. The third-order valence-corrected chi connectivity index (χ3v) is 3.57. The van der Waals surface area contributed by atoms with Crippen LogP contribution in [0.4, 0.5) is 5.82 Å². The van der Waals surface area contributed by atoms with E-state index in [9.17, 15) is 0 Å². The van der Waals surface area contributed by atoms with Crippen LogP contribution in [-0.4, -0.2) is 37.6 Å². The highest BCUT2D eigenvalue weighted by molar-refractivity contribution is 5.43. The van der Waals surface area contributed by atoms with Gasteiger partial charge in [-0.05, 0) is 50.3 Å². The van der Waals surface area contributed by atoms with Crippen LogP contribution in [0.3, 0.4) is 0 Å². The Hall–Kier alpha value is -2.07. The first kappa shape index (κ1) is 15.3. The maximum atomic E-state index is 5.32. The Kier molecular flexibility index (Phi) is 5.17. The van der Waals surface area contributed by atoms with Crippen molar-refractivity contribution in [1.82, 2.24) is 9.88 Å². The summed E-state index contributed by atoms with van der Waals surface area (Å²) in [5.41, 5.74) is 2.38. The fourth-order valence-corrected chi connectivity index (χ4v) is 2.31. The lowest BCUT2D eigenvalue weighted by Gasteiger charge is -2.26. The van der Waals surface area contributed by atoms with Crippen molar-refractivity contribution in [2.45, 2.75) is 13.0 Å². The molecule has 1 unspecified atom stereocenters. The predicted molar refractivity (Wildman–Crippen MR) is 86.9 cm³/mol. The molecule has 0 fully saturated rings. The van der Waals surface area contributed by atoms with Crippen LogP contribution >= 0.6 is 0 Å². The number of ether oxygens (including phenoxy) is 1. The number of rotatable bonds is 6. The molecule has 0 spiro atoms. The lowest BCUT2D eigenvalue weighted by atomic mass is 10.1. The van der Waals surface area contributed by atoms with Gasteiger partial charge in [-0.3, -0.25) is 0 Å². The molecule has 4 nitrogen and oxygen atoms in total. The first-order valence-corrected chi connectivity index (χ1v) is 7.07. The number of methoxy groups -OCH3 is 1. The Bertz CT molecular complexity index is 584. The number of hydrogen-bond donors (Lipinski definition) is 1. The second-order valence-corrected chi connectivity index (χ2v) is 5.31. The highest BCUT2D eigenvalue weighted by Gasteiger charge is 2.15. The van der Waals surface area contributed by atoms with Gasteiger partial charge in [0, 0.05) is 12.7 Å². The minimum atomic E-state index is 0.251. The number of pyridine rings is 1. The van der Waals surface area contributed by atoms with E-state index in [-0.39, 0.29) is 6.04 Å². The minimum Gasteiger partial charge on any atom is -0.497 e. The quantitative estimate of drug-likeness (QED) is 0.885. The van der Waals surface area contributed by atoms with Crippen LogP contribution in [0.1, 0.15) is 17.2 Å². The number of benzene rings is 1. The molecule has 1 atom stereocenters. The zero-order valence-electron chi connectivity index (χ0n) is 13.1. The molecule has 2 rings (SSSR count). The van der Waals surface area contributed by atoms with Crippen LogP contribution in [0, 0.1) is 6.92 Å². The van der Waals surface area contributed by atoms with Gasteiger partial charge in [-0.15, -0.1) is 0 Å². The van der Waals surface area contributed by atoms with E-state index in [0.29, 0.717) is 0 Å². The van der Waals surface area contributed by atoms with Gasteiger partial charge in [-0.2, -0.15) is 0 Å². The molecule has 2 aromatic rings. The SMILES string of the molecule is COc1cccc(C(CNc2ncccc2C)N(C)C)c1. The van der Waals surface area contributed by atoms with E-state index in [1.54, 1.807) is 7.11 Å². The molecule has 0 aliphatic rings. The molecule has 1 aromatic carbocycles. The highest BCUT2D eigenvalue weighted by atomic mass is 16.5. The second kappa shape index (κ2) is 7.09.